The van der Waals surface area contributed by atoms with Crippen molar-refractivity contribution in [3.8, 4) is 0 Å². The number of aromatic nitrogens is 1. The van der Waals surface area contributed by atoms with Crippen molar-refractivity contribution in [2.75, 3.05) is 0 Å². The van der Waals surface area contributed by atoms with E-state index in [2.05, 4.69) is 4.98 Å². The molecule has 15 heavy (non-hydrogen) atoms. The second-order valence-electron chi connectivity index (χ2n) is 3.89. The molecule has 0 amide bonds. The summed E-state index contributed by atoms with van der Waals surface area (Å²) in [5.74, 6) is 0. The SMILES string of the molecule is Cc1[nH]c2ccccc2c1C(O)C(C)O. The van der Waals surface area contributed by atoms with Crippen molar-refractivity contribution in [3.63, 3.8) is 0 Å². The molecule has 0 aliphatic heterocycles. The van der Waals surface area contributed by atoms with Crippen LogP contribution in [0.15, 0.2) is 24.3 Å². The lowest BCUT2D eigenvalue weighted by molar-refractivity contribution is 0.0310. The number of aliphatic hydroxyl groups excluding tert-OH is 2. The first-order chi connectivity index (χ1) is 7.11. The minimum absolute atomic E-state index is 0.761. The first-order valence-corrected chi connectivity index (χ1v) is 5.04. The highest BCUT2D eigenvalue weighted by Gasteiger charge is 2.20. The number of nitrogens with one attached hydrogen (secondary N) is 1. The van der Waals surface area contributed by atoms with Gasteiger partial charge in [0.25, 0.3) is 0 Å². The quantitative estimate of drug-likeness (QED) is 0.701. The number of benzene rings is 1. The fourth-order valence-corrected chi connectivity index (χ4v) is 1.92. The van der Waals surface area contributed by atoms with Crippen LogP contribution in [-0.4, -0.2) is 21.3 Å². The Bertz CT molecular complexity index is 473. The Kier molecular flexibility index (Phi) is 2.50. The number of rotatable bonds is 2. The van der Waals surface area contributed by atoms with Crippen molar-refractivity contribution >= 4 is 10.9 Å². The fourth-order valence-electron chi connectivity index (χ4n) is 1.92. The summed E-state index contributed by atoms with van der Waals surface area (Å²) in [5.41, 5.74) is 2.69. The average Bonchev–Trinajstić information content (AvgIpc) is 2.52. The number of aliphatic hydroxyl groups is 2. The zero-order valence-electron chi connectivity index (χ0n) is 8.86. The third-order valence-electron chi connectivity index (χ3n) is 2.70. The molecule has 2 unspecified atom stereocenters. The predicted octanol–water partition coefficient (Wildman–Crippen LogP) is 1.89. The molecule has 1 aromatic heterocycles. The van der Waals surface area contributed by atoms with Crippen molar-refractivity contribution in [1.29, 1.82) is 0 Å². The van der Waals surface area contributed by atoms with E-state index in [-0.39, 0.29) is 0 Å². The maximum absolute atomic E-state index is 9.90. The molecule has 2 atom stereocenters. The molecular formula is C12H15NO2. The monoisotopic (exact) mass is 205 g/mol. The molecule has 0 bridgehead atoms. The van der Waals surface area contributed by atoms with E-state index in [1.165, 1.54) is 0 Å². The van der Waals surface area contributed by atoms with E-state index >= 15 is 0 Å². The van der Waals surface area contributed by atoms with Crippen LogP contribution in [0.25, 0.3) is 10.9 Å². The van der Waals surface area contributed by atoms with E-state index in [1.807, 2.05) is 31.2 Å². The molecule has 0 aliphatic carbocycles. The molecule has 2 aromatic rings. The summed E-state index contributed by atoms with van der Waals surface area (Å²) in [4.78, 5) is 3.19. The summed E-state index contributed by atoms with van der Waals surface area (Å²) >= 11 is 0. The van der Waals surface area contributed by atoms with Gasteiger partial charge in [0, 0.05) is 22.2 Å². The van der Waals surface area contributed by atoms with Crippen LogP contribution in [0.1, 0.15) is 24.3 Å². The molecule has 0 radical (unpaired) electrons. The number of hydrogen-bond acceptors (Lipinski definition) is 2. The average molecular weight is 205 g/mol. The maximum Gasteiger partial charge on any atom is 0.107 e. The van der Waals surface area contributed by atoms with E-state index in [0.717, 1.165) is 22.2 Å². The van der Waals surface area contributed by atoms with Gasteiger partial charge < -0.3 is 15.2 Å². The molecule has 0 saturated carbocycles. The highest BCUT2D eigenvalue weighted by molar-refractivity contribution is 5.84. The second kappa shape index (κ2) is 3.68. The number of aryl methyl sites for hydroxylation is 1. The van der Waals surface area contributed by atoms with Crippen LogP contribution < -0.4 is 0 Å². The topological polar surface area (TPSA) is 56.2 Å². The Labute approximate surface area is 88.4 Å². The fraction of sp³-hybridized carbons (Fsp3) is 0.333. The molecule has 0 fully saturated rings. The standard InChI is InChI=1S/C12H15NO2/c1-7-11(12(15)8(2)14)9-5-3-4-6-10(9)13-7/h3-6,8,12-15H,1-2H3. The number of hydrogen-bond donors (Lipinski definition) is 3. The van der Waals surface area contributed by atoms with E-state index in [1.54, 1.807) is 6.92 Å². The van der Waals surface area contributed by atoms with Gasteiger partial charge in [-0.3, -0.25) is 0 Å². The van der Waals surface area contributed by atoms with Crippen LogP contribution in [0.3, 0.4) is 0 Å². The van der Waals surface area contributed by atoms with Gasteiger partial charge in [-0.15, -0.1) is 0 Å². The maximum atomic E-state index is 9.90. The first kappa shape index (κ1) is 10.2. The molecular weight excluding hydrogens is 190 g/mol. The summed E-state index contributed by atoms with van der Waals surface area (Å²) in [5, 5.41) is 20.3. The predicted molar refractivity (Wildman–Crippen MR) is 59.7 cm³/mol. The van der Waals surface area contributed by atoms with Crippen LogP contribution in [0.2, 0.25) is 0 Å². The summed E-state index contributed by atoms with van der Waals surface area (Å²) < 4.78 is 0. The van der Waals surface area contributed by atoms with Gasteiger partial charge in [-0.2, -0.15) is 0 Å². The lowest BCUT2D eigenvalue weighted by atomic mass is 10.0. The molecule has 3 nitrogen and oxygen atoms in total. The van der Waals surface area contributed by atoms with Gasteiger partial charge in [0.05, 0.1) is 6.10 Å². The van der Waals surface area contributed by atoms with Gasteiger partial charge in [0.2, 0.25) is 0 Å². The zero-order valence-corrected chi connectivity index (χ0v) is 8.86. The Hall–Kier alpha value is -1.32. The lowest BCUT2D eigenvalue weighted by Crippen LogP contribution is -2.14. The molecule has 80 valence electrons. The van der Waals surface area contributed by atoms with Crippen LogP contribution in [0.4, 0.5) is 0 Å². The smallest absolute Gasteiger partial charge is 0.107 e. The molecule has 1 aromatic carbocycles. The Balaban J connectivity index is 2.63. The summed E-state index contributed by atoms with van der Waals surface area (Å²) in [7, 11) is 0. The number of fused-ring (bicyclic) bond motifs is 1. The Morgan fingerprint density at radius 1 is 1.20 bits per heavy atom. The molecule has 0 saturated heterocycles. The van der Waals surface area contributed by atoms with Gasteiger partial charge in [-0.25, -0.2) is 0 Å². The number of para-hydroxylation sites is 1. The Morgan fingerprint density at radius 3 is 2.53 bits per heavy atom. The minimum Gasteiger partial charge on any atom is -0.390 e. The van der Waals surface area contributed by atoms with Crippen molar-refractivity contribution < 1.29 is 10.2 Å². The minimum atomic E-state index is -0.832. The van der Waals surface area contributed by atoms with Crippen LogP contribution in [0.5, 0.6) is 0 Å². The third kappa shape index (κ3) is 1.64. The molecule has 3 N–H and O–H groups in total. The van der Waals surface area contributed by atoms with Crippen LogP contribution in [-0.2, 0) is 0 Å². The van der Waals surface area contributed by atoms with E-state index < -0.39 is 12.2 Å². The number of aromatic amines is 1. The largest absolute Gasteiger partial charge is 0.390 e. The molecule has 2 rings (SSSR count). The molecule has 0 aliphatic rings. The molecule has 1 heterocycles. The molecule has 0 spiro atoms. The molecule has 3 heteroatoms. The third-order valence-corrected chi connectivity index (χ3v) is 2.70. The summed E-state index contributed by atoms with van der Waals surface area (Å²) in [6, 6.07) is 7.77. The van der Waals surface area contributed by atoms with Gasteiger partial charge in [-0.05, 0) is 19.9 Å². The van der Waals surface area contributed by atoms with Gasteiger partial charge in [-0.1, -0.05) is 18.2 Å². The van der Waals surface area contributed by atoms with E-state index in [4.69, 9.17) is 0 Å². The van der Waals surface area contributed by atoms with Crippen LogP contribution in [0, 0.1) is 6.92 Å². The zero-order chi connectivity index (χ0) is 11.0. The Morgan fingerprint density at radius 2 is 1.87 bits per heavy atom. The normalized spacial score (nSPS) is 15.5. The highest BCUT2D eigenvalue weighted by Crippen LogP contribution is 2.29. The van der Waals surface area contributed by atoms with Crippen molar-refractivity contribution in [2.24, 2.45) is 0 Å². The summed E-state index contributed by atoms with van der Waals surface area (Å²) in [6.45, 7) is 3.49. The highest BCUT2D eigenvalue weighted by atomic mass is 16.3. The van der Waals surface area contributed by atoms with Gasteiger partial charge >= 0.3 is 0 Å². The first-order valence-electron chi connectivity index (χ1n) is 5.04. The van der Waals surface area contributed by atoms with Gasteiger partial charge in [0.1, 0.15) is 6.10 Å². The van der Waals surface area contributed by atoms with Gasteiger partial charge in [0.15, 0.2) is 0 Å². The summed E-state index contributed by atoms with van der Waals surface area (Å²) in [6.07, 6.45) is -1.59. The van der Waals surface area contributed by atoms with Crippen LogP contribution >= 0.6 is 0 Å². The lowest BCUT2D eigenvalue weighted by Gasteiger charge is -2.13. The van der Waals surface area contributed by atoms with Crippen molar-refractivity contribution in [1.82, 2.24) is 4.98 Å². The van der Waals surface area contributed by atoms with E-state index in [9.17, 15) is 10.2 Å². The second-order valence-corrected chi connectivity index (χ2v) is 3.89. The van der Waals surface area contributed by atoms with E-state index in [0.29, 0.717) is 0 Å². The number of H-pyrrole nitrogens is 1. The van der Waals surface area contributed by atoms with Crippen molar-refractivity contribution in [3.05, 3.63) is 35.5 Å². The van der Waals surface area contributed by atoms with Crippen molar-refractivity contribution in [2.45, 2.75) is 26.1 Å².